The molecule has 3 N–H and O–H groups in total. The summed E-state index contributed by atoms with van der Waals surface area (Å²) < 4.78 is 1.12. The molecule has 1 aromatic heterocycles. The molecule has 0 saturated carbocycles. The molecule has 2 atom stereocenters. The number of fused-ring (bicyclic) bond motifs is 2. The summed E-state index contributed by atoms with van der Waals surface area (Å²) in [5.41, 5.74) is 3.83. The summed E-state index contributed by atoms with van der Waals surface area (Å²) in [7, 11) is 0. The SMILES string of the molecule is C=CCN1CC(=O)N2[C@@H](Cc3ccc(O)cc3)C(=O)N(Cc3csc4cc(NCCC)ccc34)C[C@@H]2N1C(=O)NCc1ccccc1. The molecule has 4 amide bonds. The Morgan fingerprint density at radius 3 is 2.60 bits per heavy atom. The summed E-state index contributed by atoms with van der Waals surface area (Å²) in [5.74, 6) is -0.283. The highest BCUT2D eigenvalue weighted by molar-refractivity contribution is 7.17. The monoisotopic (exact) mass is 652 g/mol. The number of carbonyl (C=O) groups excluding carboxylic acids is 3. The van der Waals surface area contributed by atoms with Gasteiger partial charge in [0, 0.05) is 43.0 Å². The lowest BCUT2D eigenvalue weighted by atomic mass is 9.98. The Balaban J connectivity index is 1.34. The van der Waals surface area contributed by atoms with Crippen LogP contribution in [0.5, 0.6) is 5.75 Å². The molecule has 244 valence electrons. The van der Waals surface area contributed by atoms with E-state index in [9.17, 15) is 19.5 Å². The maximum absolute atomic E-state index is 14.4. The van der Waals surface area contributed by atoms with Crippen molar-refractivity contribution in [1.29, 1.82) is 0 Å². The van der Waals surface area contributed by atoms with E-state index < -0.39 is 12.2 Å². The fourth-order valence-electron chi connectivity index (χ4n) is 6.34. The van der Waals surface area contributed by atoms with Crippen LogP contribution in [-0.4, -0.2) is 81.2 Å². The number of phenols is 1. The quantitative estimate of drug-likeness (QED) is 0.193. The predicted molar refractivity (Wildman–Crippen MR) is 185 cm³/mol. The first kappa shape index (κ1) is 32.1. The van der Waals surface area contributed by atoms with Crippen LogP contribution in [0.25, 0.3) is 10.1 Å². The van der Waals surface area contributed by atoms with Crippen molar-refractivity contribution in [3.8, 4) is 5.75 Å². The van der Waals surface area contributed by atoms with Crippen molar-refractivity contribution in [3.05, 3.63) is 108 Å². The first-order valence-corrected chi connectivity index (χ1v) is 16.8. The fourth-order valence-corrected chi connectivity index (χ4v) is 7.34. The number of anilines is 1. The minimum Gasteiger partial charge on any atom is -0.508 e. The Labute approximate surface area is 278 Å². The van der Waals surface area contributed by atoms with Gasteiger partial charge in [0.25, 0.3) is 0 Å². The Hall–Kier alpha value is -4.87. The van der Waals surface area contributed by atoms with Gasteiger partial charge >= 0.3 is 6.03 Å². The first-order valence-electron chi connectivity index (χ1n) is 15.9. The van der Waals surface area contributed by atoms with Crippen molar-refractivity contribution in [2.45, 2.75) is 45.1 Å². The normalized spacial score (nSPS) is 18.4. The van der Waals surface area contributed by atoms with Gasteiger partial charge in [0.1, 0.15) is 18.0 Å². The number of nitrogens with one attached hydrogen (secondary N) is 2. The van der Waals surface area contributed by atoms with Gasteiger partial charge in [0.05, 0.1) is 13.1 Å². The highest BCUT2D eigenvalue weighted by atomic mass is 32.1. The second kappa shape index (κ2) is 14.3. The van der Waals surface area contributed by atoms with Gasteiger partial charge in [-0.3, -0.25) is 9.59 Å². The third-order valence-corrected chi connectivity index (χ3v) is 9.62. The van der Waals surface area contributed by atoms with Gasteiger partial charge in [-0.1, -0.05) is 61.5 Å². The molecule has 0 aliphatic carbocycles. The van der Waals surface area contributed by atoms with Crippen LogP contribution >= 0.6 is 11.3 Å². The van der Waals surface area contributed by atoms with Crippen LogP contribution in [-0.2, 0) is 29.1 Å². The number of aromatic hydroxyl groups is 1. The summed E-state index contributed by atoms with van der Waals surface area (Å²) in [6.07, 6.45) is 2.21. The highest BCUT2D eigenvalue weighted by Gasteiger charge is 2.51. The molecule has 0 bridgehead atoms. The second-order valence-electron chi connectivity index (χ2n) is 11.9. The van der Waals surface area contributed by atoms with E-state index in [2.05, 4.69) is 47.7 Å². The maximum atomic E-state index is 14.4. The van der Waals surface area contributed by atoms with Crippen molar-refractivity contribution < 1.29 is 19.5 Å². The van der Waals surface area contributed by atoms with Gasteiger partial charge in [0.15, 0.2) is 0 Å². The van der Waals surface area contributed by atoms with Gasteiger partial charge in [0.2, 0.25) is 11.8 Å². The number of nitrogens with zero attached hydrogens (tertiary/aromatic N) is 4. The largest absolute Gasteiger partial charge is 0.508 e. The van der Waals surface area contributed by atoms with Crippen molar-refractivity contribution in [2.24, 2.45) is 0 Å². The van der Waals surface area contributed by atoms with Crippen LogP contribution < -0.4 is 10.6 Å². The molecule has 2 aliphatic rings. The summed E-state index contributed by atoms with van der Waals surface area (Å²) in [4.78, 5) is 45.5. The van der Waals surface area contributed by atoms with Crippen LogP contribution in [0.15, 0.2) is 90.8 Å². The number of hydrogen-bond acceptors (Lipinski definition) is 7. The zero-order valence-corrected chi connectivity index (χ0v) is 27.3. The fraction of sp³-hybridized carbons (Fsp3) is 0.306. The zero-order valence-electron chi connectivity index (χ0n) is 26.5. The van der Waals surface area contributed by atoms with E-state index in [0.717, 1.165) is 45.4 Å². The third-order valence-electron chi connectivity index (χ3n) is 8.63. The number of hydrazine groups is 1. The molecule has 2 aliphatic heterocycles. The van der Waals surface area contributed by atoms with E-state index in [4.69, 9.17) is 0 Å². The smallest absolute Gasteiger partial charge is 0.334 e. The minimum atomic E-state index is -0.837. The summed E-state index contributed by atoms with van der Waals surface area (Å²) in [5, 5.41) is 22.8. The van der Waals surface area contributed by atoms with E-state index in [1.165, 1.54) is 0 Å². The molecule has 2 saturated heterocycles. The highest BCUT2D eigenvalue weighted by Crippen LogP contribution is 2.33. The number of phenolic OH excluding ortho intramolecular Hbond substituents is 1. The van der Waals surface area contributed by atoms with E-state index in [1.54, 1.807) is 61.5 Å². The molecule has 2 fully saturated rings. The first-order chi connectivity index (χ1) is 22.9. The van der Waals surface area contributed by atoms with Crippen molar-refractivity contribution >= 4 is 45.0 Å². The van der Waals surface area contributed by atoms with Crippen molar-refractivity contribution in [2.75, 3.05) is 31.5 Å². The molecule has 47 heavy (non-hydrogen) atoms. The molecule has 0 spiro atoms. The number of urea groups is 1. The number of benzene rings is 3. The number of carbonyl (C=O) groups is 3. The lowest BCUT2D eigenvalue weighted by Crippen LogP contribution is -2.76. The van der Waals surface area contributed by atoms with Crippen LogP contribution in [0.1, 0.15) is 30.0 Å². The van der Waals surface area contributed by atoms with Gasteiger partial charge in [-0.05, 0) is 58.1 Å². The molecular weight excluding hydrogens is 613 g/mol. The Morgan fingerprint density at radius 2 is 1.85 bits per heavy atom. The van der Waals surface area contributed by atoms with Crippen LogP contribution in [0.2, 0.25) is 0 Å². The van der Waals surface area contributed by atoms with E-state index in [1.807, 2.05) is 30.3 Å². The average molecular weight is 653 g/mol. The Bertz CT molecular complexity index is 1740. The summed E-state index contributed by atoms with van der Waals surface area (Å²) >= 11 is 1.64. The van der Waals surface area contributed by atoms with E-state index in [0.29, 0.717) is 13.1 Å². The lowest BCUT2D eigenvalue weighted by Gasteiger charge is -2.55. The summed E-state index contributed by atoms with van der Waals surface area (Å²) in [6.45, 7) is 7.91. The summed E-state index contributed by atoms with van der Waals surface area (Å²) in [6, 6.07) is 21.4. The van der Waals surface area contributed by atoms with Crippen LogP contribution in [0.4, 0.5) is 10.5 Å². The molecule has 4 aromatic rings. The standard InChI is InChI=1S/C36H40N6O4S/c1-3-16-37-28-12-15-30-27(24-47-32(30)19-28)21-39-22-33-41(31(35(39)45)18-25-10-13-29(43)14-11-25)34(44)23-40(17-4-2)42(33)36(46)38-20-26-8-6-5-7-9-26/h4-15,19,24,31,33,37,43H,2-3,16-18,20-23H2,1H3,(H,38,46)/t31-,33-/m0/s1. The molecular formula is C36H40N6O4S. The number of hydrogen-bond donors (Lipinski definition) is 3. The van der Waals surface area contributed by atoms with Crippen molar-refractivity contribution in [3.63, 3.8) is 0 Å². The van der Waals surface area contributed by atoms with E-state index in [-0.39, 0.29) is 49.7 Å². The maximum Gasteiger partial charge on any atom is 0.334 e. The van der Waals surface area contributed by atoms with Crippen LogP contribution in [0.3, 0.4) is 0 Å². The Kier molecular flexibility index (Phi) is 9.74. The average Bonchev–Trinajstić information content (AvgIpc) is 3.47. The number of amides is 4. The number of piperazine rings is 1. The molecule has 10 nitrogen and oxygen atoms in total. The zero-order chi connectivity index (χ0) is 32.9. The van der Waals surface area contributed by atoms with E-state index >= 15 is 0 Å². The molecule has 3 heterocycles. The van der Waals surface area contributed by atoms with Gasteiger partial charge in [-0.2, -0.15) is 0 Å². The molecule has 11 heteroatoms. The van der Waals surface area contributed by atoms with Crippen LogP contribution in [0, 0.1) is 0 Å². The molecule has 0 radical (unpaired) electrons. The molecule has 6 rings (SSSR count). The minimum absolute atomic E-state index is 0.0653. The second-order valence-corrected chi connectivity index (χ2v) is 12.8. The van der Waals surface area contributed by atoms with Crippen molar-refractivity contribution in [1.82, 2.24) is 25.1 Å². The van der Waals surface area contributed by atoms with Gasteiger partial charge < -0.3 is 25.5 Å². The third kappa shape index (κ3) is 6.96. The van der Waals surface area contributed by atoms with Gasteiger partial charge in [-0.15, -0.1) is 17.9 Å². The topological polar surface area (TPSA) is 108 Å². The lowest BCUT2D eigenvalue weighted by molar-refractivity contribution is -0.189. The van der Waals surface area contributed by atoms with Gasteiger partial charge in [-0.25, -0.2) is 14.8 Å². The Morgan fingerprint density at radius 1 is 1.06 bits per heavy atom. The molecule has 0 unspecified atom stereocenters. The number of thiophene rings is 1. The number of rotatable bonds is 11. The predicted octanol–water partition coefficient (Wildman–Crippen LogP) is 5.17. The molecule has 3 aromatic carbocycles.